The van der Waals surface area contributed by atoms with E-state index in [4.69, 9.17) is 9.84 Å². The van der Waals surface area contributed by atoms with E-state index in [0.717, 1.165) is 39.5 Å². The molecule has 3 aromatic heterocycles. The number of fused-ring (bicyclic) bond motifs is 1. The molecule has 0 radical (unpaired) electrons. The van der Waals surface area contributed by atoms with Gasteiger partial charge in [-0.1, -0.05) is 48.5 Å². The molecule has 0 aliphatic carbocycles. The fraction of sp³-hybridized carbons (Fsp3) is 0.115. The second-order valence-electron chi connectivity index (χ2n) is 7.82. The molecular weight excluding hydrogens is 416 g/mol. The molecule has 33 heavy (non-hydrogen) atoms. The Kier molecular flexibility index (Phi) is 5.36. The van der Waals surface area contributed by atoms with Gasteiger partial charge in [-0.25, -0.2) is 9.31 Å². The van der Waals surface area contributed by atoms with Crippen LogP contribution in [-0.4, -0.2) is 30.5 Å². The van der Waals surface area contributed by atoms with Crippen LogP contribution >= 0.6 is 0 Å². The lowest BCUT2D eigenvalue weighted by Crippen LogP contribution is -2.09. The minimum absolute atomic E-state index is 0.0353. The Bertz CT molecular complexity index is 1440. The van der Waals surface area contributed by atoms with Crippen molar-refractivity contribution in [1.29, 1.82) is 0 Å². The van der Waals surface area contributed by atoms with Crippen LogP contribution in [0.15, 0.2) is 84.9 Å². The normalized spacial score (nSPS) is 11.1. The van der Waals surface area contributed by atoms with E-state index in [2.05, 4.69) is 5.10 Å². The van der Waals surface area contributed by atoms with Crippen LogP contribution in [0, 0.1) is 6.92 Å². The molecule has 5 rings (SSSR count). The molecule has 2 aromatic carbocycles. The molecule has 0 amide bonds. The summed E-state index contributed by atoms with van der Waals surface area (Å²) in [7, 11) is 0. The Morgan fingerprint density at radius 1 is 0.939 bits per heavy atom. The number of aryl methyl sites for hydroxylation is 1. The topological polar surface area (TPSA) is 81.6 Å². The first-order valence-electron chi connectivity index (χ1n) is 10.6. The average Bonchev–Trinajstić information content (AvgIpc) is 3.43. The summed E-state index contributed by atoms with van der Waals surface area (Å²) in [4.78, 5) is 11.2. The van der Waals surface area contributed by atoms with Gasteiger partial charge < -0.3 is 9.84 Å². The highest BCUT2D eigenvalue weighted by molar-refractivity contribution is 5.85. The van der Waals surface area contributed by atoms with Crippen LogP contribution in [0.1, 0.15) is 27.4 Å². The fourth-order valence-corrected chi connectivity index (χ4v) is 3.75. The highest BCUT2D eigenvalue weighted by Crippen LogP contribution is 2.25. The van der Waals surface area contributed by atoms with Crippen LogP contribution in [0.4, 0.5) is 0 Å². The fourth-order valence-electron chi connectivity index (χ4n) is 3.75. The number of nitrogens with zero attached hydrogens (tertiary/aromatic N) is 4. The number of rotatable bonds is 7. The van der Waals surface area contributed by atoms with Crippen molar-refractivity contribution in [3.05, 3.63) is 108 Å². The van der Waals surface area contributed by atoms with E-state index in [9.17, 15) is 9.90 Å². The maximum atomic E-state index is 11.2. The molecule has 7 nitrogen and oxygen atoms in total. The van der Waals surface area contributed by atoms with Crippen molar-refractivity contribution >= 4 is 11.5 Å². The number of benzene rings is 2. The number of ether oxygens (including phenoxy) is 1. The van der Waals surface area contributed by atoms with E-state index in [1.807, 2.05) is 90.3 Å². The molecular formula is C26H22N4O3. The molecule has 0 saturated heterocycles. The Morgan fingerprint density at radius 3 is 2.55 bits per heavy atom. The molecule has 1 N–H and O–H groups in total. The Labute approximate surface area is 190 Å². The van der Waals surface area contributed by atoms with Gasteiger partial charge in [0.1, 0.15) is 12.4 Å². The molecule has 0 bridgehead atoms. The summed E-state index contributed by atoms with van der Waals surface area (Å²) in [6.07, 6.45) is 0. The van der Waals surface area contributed by atoms with Gasteiger partial charge in [0.2, 0.25) is 0 Å². The average molecular weight is 438 g/mol. The molecule has 5 aromatic rings. The minimum Gasteiger partial charge on any atom is -0.489 e. The van der Waals surface area contributed by atoms with E-state index in [0.29, 0.717) is 13.2 Å². The third kappa shape index (κ3) is 4.34. The SMILES string of the molecule is Cc1cc(C(=O)O)nn1Cc1cccc2cc(-c3cccc(OCc4ccccc4)c3)nn12. The van der Waals surface area contributed by atoms with Crippen LogP contribution in [0.3, 0.4) is 0 Å². The minimum atomic E-state index is -1.04. The summed E-state index contributed by atoms with van der Waals surface area (Å²) in [5.41, 5.74) is 5.56. The highest BCUT2D eigenvalue weighted by atomic mass is 16.5. The van der Waals surface area contributed by atoms with Crippen molar-refractivity contribution in [2.45, 2.75) is 20.1 Å². The van der Waals surface area contributed by atoms with Crippen molar-refractivity contribution in [2.24, 2.45) is 0 Å². The molecule has 3 heterocycles. The standard InChI is InChI=1S/C26H22N4O3/c1-18-13-25(26(31)32)27-29(18)16-22-11-6-10-21-15-24(28-30(21)22)20-9-5-12-23(14-20)33-17-19-7-3-2-4-8-19/h2-15H,16-17H2,1H3,(H,31,32). The van der Waals surface area contributed by atoms with Gasteiger partial charge in [0.25, 0.3) is 0 Å². The molecule has 0 unspecified atom stereocenters. The van der Waals surface area contributed by atoms with E-state index >= 15 is 0 Å². The number of pyridine rings is 1. The maximum absolute atomic E-state index is 11.2. The largest absolute Gasteiger partial charge is 0.489 e. The molecule has 7 heteroatoms. The first-order chi connectivity index (χ1) is 16.1. The van der Waals surface area contributed by atoms with Crippen molar-refractivity contribution in [3.8, 4) is 17.0 Å². The number of hydrogen-bond donors (Lipinski definition) is 1. The summed E-state index contributed by atoms with van der Waals surface area (Å²) in [6.45, 7) is 2.76. The predicted octanol–water partition coefficient (Wildman–Crippen LogP) is 4.83. The number of aromatic carboxylic acids is 1. The third-order valence-electron chi connectivity index (χ3n) is 5.45. The van der Waals surface area contributed by atoms with Gasteiger partial charge in [0.05, 0.1) is 23.4 Å². The van der Waals surface area contributed by atoms with Gasteiger partial charge in [-0.15, -0.1) is 0 Å². The van der Waals surface area contributed by atoms with Crippen LogP contribution in [0.25, 0.3) is 16.8 Å². The number of carboxylic acid groups (broad SMARTS) is 1. The number of aromatic nitrogens is 4. The Balaban J connectivity index is 1.42. The molecule has 0 fully saturated rings. The van der Waals surface area contributed by atoms with E-state index in [1.165, 1.54) is 0 Å². The second kappa shape index (κ2) is 8.63. The van der Waals surface area contributed by atoms with Crippen LogP contribution < -0.4 is 4.74 Å². The summed E-state index contributed by atoms with van der Waals surface area (Å²) in [5, 5.41) is 18.2. The van der Waals surface area contributed by atoms with Crippen molar-refractivity contribution < 1.29 is 14.6 Å². The number of hydrogen-bond acceptors (Lipinski definition) is 4. The lowest BCUT2D eigenvalue weighted by molar-refractivity contribution is 0.0689. The number of carbonyl (C=O) groups is 1. The highest BCUT2D eigenvalue weighted by Gasteiger charge is 2.13. The van der Waals surface area contributed by atoms with Gasteiger partial charge in [-0.3, -0.25) is 4.68 Å². The number of carboxylic acids is 1. The van der Waals surface area contributed by atoms with E-state index in [1.54, 1.807) is 10.7 Å². The van der Waals surface area contributed by atoms with Gasteiger partial charge in [0.15, 0.2) is 5.69 Å². The lowest BCUT2D eigenvalue weighted by Gasteiger charge is -2.08. The quantitative estimate of drug-likeness (QED) is 0.394. The van der Waals surface area contributed by atoms with Crippen molar-refractivity contribution in [1.82, 2.24) is 19.4 Å². The Morgan fingerprint density at radius 2 is 1.76 bits per heavy atom. The van der Waals surface area contributed by atoms with Crippen LogP contribution in [0.5, 0.6) is 5.75 Å². The van der Waals surface area contributed by atoms with Gasteiger partial charge in [-0.2, -0.15) is 10.2 Å². The van der Waals surface area contributed by atoms with Crippen molar-refractivity contribution in [2.75, 3.05) is 0 Å². The maximum Gasteiger partial charge on any atom is 0.356 e. The van der Waals surface area contributed by atoms with Crippen molar-refractivity contribution in [3.63, 3.8) is 0 Å². The molecule has 0 atom stereocenters. The molecule has 0 aliphatic heterocycles. The van der Waals surface area contributed by atoms with E-state index < -0.39 is 5.97 Å². The van der Waals surface area contributed by atoms with Crippen LogP contribution in [-0.2, 0) is 13.2 Å². The van der Waals surface area contributed by atoms with Gasteiger partial charge >= 0.3 is 5.97 Å². The zero-order chi connectivity index (χ0) is 22.8. The smallest absolute Gasteiger partial charge is 0.356 e. The molecule has 0 saturated carbocycles. The summed E-state index contributed by atoms with van der Waals surface area (Å²) in [5.74, 6) is -0.257. The molecule has 0 aliphatic rings. The first-order valence-corrected chi connectivity index (χ1v) is 10.6. The zero-order valence-corrected chi connectivity index (χ0v) is 18.0. The monoisotopic (exact) mass is 438 g/mol. The first kappa shape index (κ1) is 20.5. The van der Waals surface area contributed by atoms with Gasteiger partial charge in [0, 0.05) is 11.3 Å². The lowest BCUT2D eigenvalue weighted by atomic mass is 10.1. The predicted molar refractivity (Wildman–Crippen MR) is 124 cm³/mol. The summed E-state index contributed by atoms with van der Waals surface area (Å²) < 4.78 is 9.52. The van der Waals surface area contributed by atoms with Crippen LogP contribution in [0.2, 0.25) is 0 Å². The Hall–Kier alpha value is -4.39. The molecule has 0 spiro atoms. The molecule has 164 valence electrons. The summed E-state index contributed by atoms with van der Waals surface area (Å²) >= 11 is 0. The zero-order valence-electron chi connectivity index (χ0n) is 18.0. The third-order valence-corrected chi connectivity index (χ3v) is 5.45. The summed E-state index contributed by atoms with van der Waals surface area (Å²) in [6, 6.07) is 27.5. The van der Waals surface area contributed by atoms with E-state index in [-0.39, 0.29) is 5.69 Å². The van der Waals surface area contributed by atoms with Gasteiger partial charge in [-0.05, 0) is 48.9 Å². The second-order valence-corrected chi connectivity index (χ2v) is 7.82.